The second kappa shape index (κ2) is 3.88. The van der Waals surface area contributed by atoms with E-state index in [1.807, 2.05) is 12.1 Å². The van der Waals surface area contributed by atoms with Gasteiger partial charge in [0.25, 0.3) is 0 Å². The number of hydrogen-bond acceptors (Lipinski definition) is 2. The molecule has 1 rings (SSSR count). The van der Waals surface area contributed by atoms with Gasteiger partial charge in [-0.2, -0.15) is 0 Å². The minimum absolute atomic E-state index is 0.557. The number of ether oxygens (including phenoxy) is 1. The van der Waals surface area contributed by atoms with Crippen LogP contribution in [0, 0.1) is 0 Å². The largest absolute Gasteiger partial charge is 0.378 e. The maximum absolute atomic E-state index is 4.93. The quantitative estimate of drug-likeness (QED) is 0.654. The third-order valence-electron chi connectivity index (χ3n) is 1.37. The van der Waals surface area contributed by atoms with Crippen molar-refractivity contribution in [3.05, 3.63) is 36.2 Å². The molecule has 0 aliphatic rings. The first kappa shape index (κ1) is 7.95. The van der Waals surface area contributed by atoms with Gasteiger partial charge in [-0.25, -0.2) is 0 Å². The van der Waals surface area contributed by atoms with Crippen LogP contribution in [0.4, 0.5) is 0 Å². The molecule has 0 N–H and O–H groups in total. The lowest BCUT2D eigenvalue weighted by atomic mass is 10.2. The van der Waals surface area contributed by atoms with Crippen molar-refractivity contribution in [2.75, 3.05) is 7.11 Å². The van der Waals surface area contributed by atoms with E-state index in [9.17, 15) is 0 Å². The Bertz CT molecular complexity index is 245. The summed E-state index contributed by atoms with van der Waals surface area (Å²) in [6.07, 6.45) is 3.55. The molecule has 0 aliphatic carbocycles. The van der Waals surface area contributed by atoms with E-state index in [0.717, 1.165) is 11.3 Å². The summed E-state index contributed by atoms with van der Waals surface area (Å²) in [4.78, 5) is 4.10. The van der Waals surface area contributed by atoms with Crippen LogP contribution in [0.25, 0.3) is 6.08 Å². The zero-order valence-corrected chi connectivity index (χ0v) is 6.58. The van der Waals surface area contributed by atoms with E-state index in [0.29, 0.717) is 6.61 Å². The predicted molar refractivity (Wildman–Crippen MR) is 45.0 cm³/mol. The Labute approximate surface area is 66.5 Å². The lowest BCUT2D eigenvalue weighted by Crippen LogP contribution is -1.91. The van der Waals surface area contributed by atoms with Crippen molar-refractivity contribution in [3.8, 4) is 0 Å². The maximum atomic E-state index is 4.93. The van der Waals surface area contributed by atoms with Gasteiger partial charge in [0.2, 0.25) is 0 Å². The summed E-state index contributed by atoms with van der Waals surface area (Å²) in [5.74, 6) is 0. The summed E-state index contributed by atoms with van der Waals surface area (Å²) < 4.78 is 4.93. The van der Waals surface area contributed by atoms with Crippen LogP contribution in [0.1, 0.15) is 11.3 Å². The van der Waals surface area contributed by atoms with Gasteiger partial charge in [0.1, 0.15) is 0 Å². The molecule has 1 aromatic heterocycles. The third kappa shape index (κ3) is 2.16. The second-order valence-corrected chi connectivity index (χ2v) is 2.22. The van der Waals surface area contributed by atoms with Crippen molar-refractivity contribution >= 4 is 6.08 Å². The van der Waals surface area contributed by atoms with E-state index < -0.39 is 0 Å². The van der Waals surface area contributed by atoms with Gasteiger partial charge >= 0.3 is 0 Å². The van der Waals surface area contributed by atoms with Crippen molar-refractivity contribution in [2.45, 2.75) is 6.61 Å². The molecule has 0 spiro atoms. The van der Waals surface area contributed by atoms with Crippen molar-refractivity contribution in [2.24, 2.45) is 0 Å². The zero-order valence-electron chi connectivity index (χ0n) is 6.58. The lowest BCUT2D eigenvalue weighted by molar-refractivity contribution is 0.181. The van der Waals surface area contributed by atoms with Crippen molar-refractivity contribution in [3.63, 3.8) is 0 Å². The normalized spacial score (nSPS) is 9.55. The van der Waals surface area contributed by atoms with Crippen LogP contribution < -0.4 is 0 Å². The molecule has 0 saturated carbocycles. The Morgan fingerprint density at radius 2 is 2.55 bits per heavy atom. The van der Waals surface area contributed by atoms with E-state index in [2.05, 4.69) is 11.6 Å². The minimum Gasteiger partial charge on any atom is -0.378 e. The Morgan fingerprint density at radius 1 is 1.73 bits per heavy atom. The Kier molecular flexibility index (Phi) is 2.81. The highest BCUT2D eigenvalue weighted by molar-refractivity contribution is 5.46. The van der Waals surface area contributed by atoms with Gasteiger partial charge in [-0.05, 0) is 17.7 Å². The van der Waals surface area contributed by atoms with Crippen LogP contribution >= 0.6 is 0 Å². The molecule has 0 fully saturated rings. The molecular formula is C9H11NO. The van der Waals surface area contributed by atoms with Gasteiger partial charge in [-0.15, -0.1) is 0 Å². The van der Waals surface area contributed by atoms with Gasteiger partial charge in [0.05, 0.1) is 12.3 Å². The molecule has 0 aliphatic heterocycles. The van der Waals surface area contributed by atoms with E-state index in [1.165, 1.54) is 0 Å². The molecular weight excluding hydrogens is 138 g/mol. The average Bonchev–Trinajstić information content (AvgIpc) is 2.06. The van der Waals surface area contributed by atoms with Gasteiger partial charge in [0, 0.05) is 13.3 Å². The fourth-order valence-electron chi connectivity index (χ4n) is 0.851. The Balaban J connectivity index is 2.82. The van der Waals surface area contributed by atoms with E-state index >= 15 is 0 Å². The molecule has 1 aromatic rings. The summed E-state index contributed by atoms with van der Waals surface area (Å²) in [7, 11) is 1.66. The molecule has 0 saturated heterocycles. The molecule has 0 unspecified atom stereocenters. The number of nitrogens with zero attached hydrogens (tertiary/aromatic N) is 1. The Hall–Kier alpha value is -1.15. The Morgan fingerprint density at radius 3 is 3.18 bits per heavy atom. The molecule has 2 nitrogen and oxygen atoms in total. The van der Waals surface area contributed by atoms with Crippen LogP contribution in [-0.2, 0) is 11.3 Å². The standard InChI is InChI=1S/C9H11NO/c1-3-8-4-5-10-9(6-8)7-11-2/h3-6H,1,7H2,2H3. The first-order chi connectivity index (χ1) is 5.36. The highest BCUT2D eigenvalue weighted by atomic mass is 16.5. The minimum atomic E-state index is 0.557. The molecule has 0 amide bonds. The lowest BCUT2D eigenvalue weighted by Gasteiger charge is -1.98. The van der Waals surface area contributed by atoms with Crippen LogP contribution in [0.15, 0.2) is 24.9 Å². The highest BCUT2D eigenvalue weighted by Gasteiger charge is 1.92. The van der Waals surface area contributed by atoms with Crippen molar-refractivity contribution in [1.82, 2.24) is 4.98 Å². The van der Waals surface area contributed by atoms with E-state index in [4.69, 9.17) is 4.74 Å². The molecule has 0 atom stereocenters. The van der Waals surface area contributed by atoms with Gasteiger partial charge in [-0.3, -0.25) is 4.98 Å². The molecule has 0 radical (unpaired) electrons. The summed E-state index contributed by atoms with van der Waals surface area (Å²) in [5.41, 5.74) is 2.01. The molecule has 0 aromatic carbocycles. The first-order valence-corrected chi connectivity index (χ1v) is 3.43. The van der Waals surface area contributed by atoms with Gasteiger partial charge < -0.3 is 4.74 Å². The number of hydrogen-bond donors (Lipinski definition) is 0. The highest BCUT2D eigenvalue weighted by Crippen LogP contribution is 2.03. The molecule has 0 bridgehead atoms. The summed E-state index contributed by atoms with van der Waals surface area (Å²) in [6, 6.07) is 3.86. The SMILES string of the molecule is C=Cc1ccnc(COC)c1. The summed E-state index contributed by atoms with van der Waals surface area (Å²) >= 11 is 0. The smallest absolute Gasteiger partial charge is 0.0884 e. The van der Waals surface area contributed by atoms with Crippen LogP contribution in [-0.4, -0.2) is 12.1 Å². The molecule has 11 heavy (non-hydrogen) atoms. The average molecular weight is 149 g/mol. The van der Waals surface area contributed by atoms with Crippen molar-refractivity contribution in [1.29, 1.82) is 0 Å². The molecule has 2 heteroatoms. The molecule has 58 valence electrons. The van der Waals surface area contributed by atoms with E-state index in [1.54, 1.807) is 19.4 Å². The van der Waals surface area contributed by atoms with Gasteiger partial charge in [-0.1, -0.05) is 12.7 Å². The number of rotatable bonds is 3. The summed E-state index contributed by atoms with van der Waals surface area (Å²) in [5, 5.41) is 0. The van der Waals surface area contributed by atoms with Crippen molar-refractivity contribution < 1.29 is 4.74 Å². The third-order valence-corrected chi connectivity index (χ3v) is 1.37. The monoisotopic (exact) mass is 149 g/mol. The van der Waals surface area contributed by atoms with E-state index in [-0.39, 0.29) is 0 Å². The number of methoxy groups -OCH3 is 1. The molecule has 1 heterocycles. The van der Waals surface area contributed by atoms with Crippen LogP contribution in [0.3, 0.4) is 0 Å². The second-order valence-electron chi connectivity index (χ2n) is 2.22. The summed E-state index contributed by atoms with van der Waals surface area (Å²) in [6.45, 7) is 4.22. The van der Waals surface area contributed by atoms with Gasteiger partial charge in [0.15, 0.2) is 0 Å². The van der Waals surface area contributed by atoms with Crippen LogP contribution in [0.2, 0.25) is 0 Å². The van der Waals surface area contributed by atoms with Crippen LogP contribution in [0.5, 0.6) is 0 Å². The fraction of sp³-hybridized carbons (Fsp3) is 0.222. The number of pyridine rings is 1. The maximum Gasteiger partial charge on any atom is 0.0884 e. The predicted octanol–water partition coefficient (Wildman–Crippen LogP) is 1.87. The fourth-order valence-corrected chi connectivity index (χ4v) is 0.851. The topological polar surface area (TPSA) is 22.1 Å². The first-order valence-electron chi connectivity index (χ1n) is 3.43. The zero-order chi connectivity index (χ0) is 8.10. The number of aromatic nitrogens is 1.